The Morgan fingerprint density at radius 1 is 1.12 bits per heavy atom. The second-order valence-corrected chi connectivity index (χ2v) is 6.23. The predicted molar refractivity (Wildman–Crippen MR) is 93.0 cm³/mol. The summed E-state index contributed by atoms with van der Waals surface area (Å²) in [6, 6.07) is 17.5. The van der Waals surface area contributed by atoms with Gasteiger partial charge in [-0.15, -0.1) is 0 Å². The van der Waals surface area contributed by atoms with Crippen molar-refractivity contribution in [2.24, 2.45) is 0 Å². The molecule has 2 aromatic carbocycles. The molecule has 1 fully saturated rings. The Labute approximate surface area is 141 Å². The molecule has 3 rings (SSSR count). The Kier molecular flexibility index (Phi) is 4.38. The molecule has 0 amide bonds. The molecule has 0 spiro atoms. The lowest BCUT2D eigenvalue weighted by molar-refractivity contribution is -0.432. The Morgan fingerprint density at radius 3 is 2.29 bits per heavy atom. The van der Waals surface area contributed by atoms with Gasteiger partial charge in [-0.1, -0.05) is 66.1 Å². The highest BCUT2D eigenvalue weighted by atomic mass is 19.1. The van der Waals surface area contributed by atoms with E-state index in [0.717, 1.165) is 5.56 Å². The van der Waals surface area contributed by atoms with Gasteiger partial charge < -0.3 is 13.5 Å². The van der Waals surface area contributed by atoms with Crippen molar-refractivity contribution in [2.75, 3.05) is 14.1 Å². The van der Waals surface area contributed by atoms with E-state index in [1.807, 2.05) is 30.3 Å². The van der Waals surface area contributed by atoms with Crippen LogP contribution in [0.1, 0.15) is 5.56 Å². The maximum absolute atomic E-state index is 15.8. The molecule has 1 saturated heterocycles. The van der Waals surface area contributed by atoms with Gasteiger partial charge >= 0.3 is 12.7 Å². The number of halogens is 1. The fourth-order valence-corrected chi connectivity index (χ4v) is 3.04. The molecular weight excluding hydrogens is 306 g/mol. The van der Waals surface area contributed by atoms with Crippen LogP contribution in [0.4, 0.5) is 4.32 Å². The minimum atomic E-state index is -3.09. The van der Waals surface area contributed by atoms with Crippen LogP contribution in [0.2, 0.25) is 0 Å². The Hall–Kier alpha value is -2.63. The smallest absolute Gasteiger partial charge is 0.567 e. The Bertz CT molecular complexity index is 752. The van der Waals surface area contributed by atoms with Crippen LogP contribution in [-0.2, 0) is 15.9 Å². The standard InChI is InChI=1S/C18H20BFN2O2/c1-21(2)14-22-17(13-15-9-5-3-6-10-15)18(23)24-19(22,20)16-11-7-4-8-12-16/h3-12,14,17H,13H2,1-2H3. The van der Waals surface area contributed by atoms with Gasteiger partial charge in [0.15, 0.2) is 12.4 Å². The fourth-order valence-electron chi connectivity index (χ4n) is 3.04. The van der Waals surface area contributed by atoms with Crippen LogP contribution in [0.15, 0.2) is 60.7 Å². The van der Waals surface area contributed by atoms with Crippen LogP contribution in [-0.4, -0.2) is 48.6 Å². The summed E-state index contributed by atoms with van der Waals surface area (Å²) < 4.78 is 22.4. The van der Waals surface area contributed by atoms with E-state index in [1.54, 1.807) is 55.7 Å². The average molecular weight is 326 g/mol. The van der Waals surface area contributed by atoms with Crippen molar-refractivity contribution < 1.29 is 18.3 Å². The topological polar surface area (TPSA) is 32.5 Å². The first kappa shape index (κ1) is 16.2. The van der Waals surface area contributed by atoms with Gasteiger partial charge in [0.25, 0.3) is 0 Å². The van der Waals surface area contributed by atoms with E-state index in [4.69, 9.17) is 4.65 Å². The van der Waals surface area contributed by atoms with Gasteiger partial charge in [0.2, 0.25) is 0 Å². The van der Waals surface area contributed by atoms with Gasteiger partial charge in [-0.3, -0.25) is 9.69 Å². The van der Waals surface area contributed by atoms with Gasteiger partial charge in [0, 0.05) is 6.42 Å². The Morgan fingerprint density at radius 2 is 1.71 bits per heavy atom. The summed E-state index contributed by atoms with van der Waals surface area (Å²) in [6.07, 6.45) is 2.00. The van der Waals surface area contributed by atoms with Crippen molar-refractivity contribution in [2.45, 2.75) is 12.5 Å². The molecule has 0 aromatic heterocycles. The van der Waals surface area contributed by atoms with Crippen molar-refractivity contribution >= 4 is 24.5 Å². The summed E-state index contributed by atoms with van der Waals surface area (Å²) in [5.74, 6) is -0.539. The highest BCUT2D eigenvalue weighted by molar-refractivity contribution is 6.76. The maximum Gasteiger partial charge on any atom is 0.567 e. The molecule has 2 unspecified atom stereocenters. The number of carbonyl (C=O) groups excluding carboxylic acids is 1. The molecule has 1 heterocycles. The SMILES string of the molecule is CN(C)C=[N+]1C(Cc2ccccc2)C(=O)O[B-]1(F)c1ccccc1. The van der Waals surface area contributed by atoms with E-state index < -0.39 is 18.8 Å². The third kappa shape index (κ3) is 3.04. The van der Waals surface area contributed by atoms with E-state index in [9.17, 15) is 4.79 Å². The number of hydrogen-bond donors (Lipinski definition) is 0. The van der Waals surface area contributed by atoms with E-state index in [0.29, 0.717) is 11.9 Å². The van der Waals surface area contributed by atoms with Gasteiger partial charge in [-0.25, -0.2) is 0 Å². The lowest BCUT2D eigenvalue weighted by Crippen LogP contribution is -2.55. The highest BCUT2D eigenvalue weighted by Gasteiger charge is 2.53. The molecule has 2 atom stereocenters. The lowest BCUT2D eigenvalue weighted by atomic mass is 9.67. The number of nitrogens with zero attached hydrogens (tertiary/aromatic N) is 2. The second kappa shape index (κ2) is 6.47. The van der Waals surface area contributed by atoms with Crippen LogP contribution in [0.25, 0.3) is 0 Å². The molecular formula is C18H20BFN2O2. The normalized spacial score (nSPS) is 24.9. The van der Waals surface area contributed by atoms with Gasteiger partial charge in [-0.05, 0) is 5.56 Å². The van der Waals surface area contributed by atoms with Crippen LogP contribution in [0.3, 0.4) is 0 Å². The summed E-state index contributed by atoms with van der Waals surface area (Å²) in [6.45, 7) is -3.09. The molecule has 0 radical (unpaired) electrons. The third-order valence-electron chi connectivity index (χ3n) is 4.13. The van der Waals surface area contributed by atoms with Crippen molar-refractivity contribution in [3.05, 3.63) is 66.2 Å². The number of rotatable bonds is 4. The maximum atomic E-state index is 15.8. The summed E-state index contributed by atoms with van der Waals surface area (Å²) in [7, 11) is 3.59. The van der Waals surface area contributed by atoms with Crippen molar-refractivity contribution in [1.82, 2.24) is 4.90 Å². The van der Waals surface area contributed by atoms with Crippen LogP contribution >= 0.6 is 0 Å². The minimum Gasteiger partial charge on any atom is -0.619 e. The molecule has 1 aliphatic heterocycles. The van der Waals surface area contributed by atoms with Crippen LogP contribution in [0, 0.1) is 0 Å². The molecule has 0 aliphatic carbocycles. The van der Waals surface area contributed by atoms with E-state index in [1.165, 1.54) is 4.49 Å². The lowest BCUT2D eigenvalue weighted by Gasteiger charge is -2.27. The zero-order valence-corrected chi connectivity index (χ0v) is 13.8. The molecule has 6 heteroatoms. The monoisotopic (exact) mass is 326 g/mol. The number of carbonyl (C=O) groups is 1. The van der Waals surface area contributed by atoms with E-state index >= 15 is 4.32 Å². The van der Waals surface area contributed by atoms with Crippen molar-refractivity contribution in [1.29, 1.82) is 0 Å². The zero-order valence-electron chi connectivity index (χ0n) is 13.8. The van der Waals surface area contributed by atoms with Gasteiger partial charge in [0.05, 0.1) is 14.1 Å². The largest absolute Gasteiger partial charge is 0.619 e. The summed E-state index contributed by atoms with van der Waals surface area (Å²) in [5, 5.41) is 0. The van der Waals surface area contributed by atoms with Gasteiger partial charge in [0.1, 0.15) is 0 Å². The van der Waals surface area contributed by atoms with Crippen LogP contribution < -0.4 is 5.46 Å². The van der Waals surface area contributed by atoms with Crippen molar-refractivity contribution in [3.63, 3.8) is 0 Å². The summed E-state index contributed by atoms with van der Waals surface area (Å²) in [5.41, 5.74) is 1.32. The molecule has 2 aromatic rings. The number of hydrogen-bond acceptors (Lipinski definition) is 2. The molecule has 4 nitrogen and oxygen atoms in total. The van der Waals surface area contributed by atoms with Crippen molar-refractivity contribution in [3.8, 4) is 0 Å². The Balaban J connectivity index is 2.02. The third-order valence-corrected chi connectivity index (χ3v) is 4.13. The minimum absolute atomic E-state index is 0.361. The number of benzene rings is 2. The molecule has 0 bridgehead atoms. The predicted octanol–water partition coefficient (Wildman–Crippen LogP) is 1.57. The van der Waals surface area contributed by atoms with E-state index in [2.05, 4.69) is 0 Å². The molecule has 24 heavy (non-hydrogen) atoms. The summed E-state index contributed by atoms with van der Waals surface area (Å²) >= 11 is 0. The highest BCUT2D eigenvalue weighted by Crippen LogP contribution is 2.24. The molecule has 1 aliphatic rings. The first-order chi connectivity index (χ1) is 11.5. The van der Waals surface area contributed by atoms with Crippen LogP contribution in [0.5, 0.6) is 0 Å². The molecule has 0 saturated carbocycles. The van der Waals surface area contributed by atoms with Gasteiger partial charge in [-0.2, -0.15) is 0 Å². The fraction of sp³-hybridized carbons (Fsp3) is 0.222. The van der Waals surface area contributed by atoms with E-state index in [-0.39, 0.29) is 0 Å². The average Bonchev–Trinajstić information content (AvgIpc) is 2.81. The quantitative estimate of drug-likeness (QED) is 0.632. The first-order valence-corrected chi connectivity index (χ1v) is 7.95. The second-order valence-electron chi connectivity index (χ2n) is 6.23. The molecule has 0 N–H and O–H groups in total. The summed E-state index contributed by atoms with van der Waals surface area (Å²) in [4.78, 5) is 14.2. The molecule has 124 valence electrons. The first-order valence-electron chi connectivity index (χ1n) is 7.95. The zero-order chi connectivity index (χ0) is 17.2.